The molecular weight excluding hydrogens is 468 g/mol. The minimum Gasteiger partial charge on any atom is -0.507 e. The summed E-state index contributed by atoms with van der Waals surface area (Å²) >= 11 is 0. The smallest absolute Gasteiger partial charge is 0.307 e. The van der Waals surface area contributed by atoms with Crippen LogP contribution in [-0.4, -0.2) is 44.3 Å². The first-order valence-electron chi connectivity index (χ1n) is 9.37. The zero-order valence-electron chi connectivity index (χ0n) is 17.3. The van der Waals surface area contributed by atoms with Crippen LogP contribution in [0.1, 0.15) is 32.2 Å². The molecule has 15 nitrogen and oxygen atoms in total. The molecule has 0 aliphatic rings. The molecule has 2 amide bonds. The summed E-state index contributed by atoms with van der Waals surface area (Å²) < 4.78 is 5.11. The third-order valence-electron chi connectivity index (χ3n) is 4.24. The highest BCUT2D eigenvalue weighted by molar-refractivity contribution is 5.96. The van der Waals surface area contributed by atoms with E-state index in [4.69, 9.17) is 4.42 Å². The monoisotopic (exact) mass is 482 g/mol. The van der Waals surface area contributed by atoms with Crippen LogP contribution in [0.25, 0.3) is 0 Å². The molecule has 0 aliphatic heterocycles. The lowest BCUT2D eigenvalue weighted by atomic mass is 10.2. The van der Waals surface area contributed by atoms with Gasteiger partial charge in [0.1, 0.15) is 11.5 Å². The molecule has 0 fully saturated rings. The first-order valence-corrected chi connectivity index (χ1v) is 9.37. The van der Waals surface area contributed by atoms with Gasteiger partial charge in [-0.25, -0.2) is 10.9 Å². The van der Waals surface area contributed by atoms with Crippen molar-refractivity contribution in [2.45, 2.75) is 0 Å². The Kier molecular flexibility index (Phi) is 7.11. The van der Waals surface area contributed by atoms with E-state index in [1.807, 2.05) is 0 Å². The van der Waals surface area contributed by atoms with Crippen molar-refractivity contribution >= 4 is 35.6 Å². The van der Waals surface area contributed by atoms with Gasteiger partial charge in [0.25, 0.3) is 11.4 Å². The number of carbonyl (C=O) groups is 2. The maximum absolute atomic E-state index is 12.1. The molecule has 0 atom stereocenters. The number of phenols is 2. The molecule has 0 unspecified atom stereocenters. The number of hydrogen-bond acceptors (Lipinski definition) is 11. The van der Waals surface area contributed by atoms with Gasteiger partial charge >= 0.3 is 11.8 Å². The zero-order valence-corrected chi connectivity index (χ0v) is 17.3. The number of furan rings is 1. The van der Waals surface area contributed by atoms with Crippen LogP contribution < -0.4 is 10.9 Å². The lowest BCUT2D eigenvalue weighted by Crippen LogP contribution is -2.18. The molecule has 0 bridgehead atoms. The summed E-state index contributed by atoms with van der Waals surface area (Å²) in [5, 5.41) is 48.2. The number of nitrogens with one attached hydrogen (secondary N) is 2. The van der Waals surface area contributed by atoms with E-state index in [1.54, 1.807) is 0 Å². The molecule has 1 heterocycles. The summed E-state index contributed by atoms with van der Waals surface area (Å²) in [7, 11) is 0. The Hall–Kier alpha value is -5.60. The van der Waals surface area contributed by atoms with Crippen molar-refractivity contribution in [3.63, 3.8) is 0 Å². The second-order valence-electron chi connectivity index (χ2n) is 6.56. The van der Waals surface area contributed by atoms with E-state index in [0.717, 1.165) is 48.8 Å². The van der Waals surface area contributed by atoms with Crippen LogP contribution in [0.5, 0.6) is 11.5 Å². The third kappa shape index (κ3) is 6.01. The van der Waals surface area contributed by atoms with Crippen LogP contribution in [-0.2, 0) is 0 Å². The van der Waals surface area contributed by atoms with E-state index in [-0.39, 0.29) is 45.5 Å². The first-order chi connectivity index (χ1) is 16.7. The average Bonchev–Trinajstić information content (AvgIpc) is 3.31. The van der Waals surface area contributed by atoms with Crippen molar-refractivity contribution < 1.29 is 34.1 Å². The van der Waals surface area contributed by atoms with Gasteiger partial charge in [0.05, 0.1) is 22.3 Å². The van der Waals surface area contributed by atoms with Gasteiger partial charge in [-0.2, -0.15) is 10.2 Å². The minimum atomic E-state index is -0.866. The molecule has 0 spiro atoms. The van der Waals surface area contributed by atoms with E-state index < -0.39 is 21.7 Å². The van der Waals surface area contributed by atoms with E-state index in [2.05, 4.69) is 21.1 Å². The summed E-state index contributed by atoms with van der Waals surface area (Å²) in [5.74, 6) is -2.95. The molecule has 3 rings (SSSR count). The van der Waals surface area contributed by atoms with Gasteiger partial charge in [-0.3, -0.25) is 29.8 Å². The Morgan fingerprint density at radius 3 is 1.54 bits per heavy atom. The van der Waals surface area contributed by atoms with Gasteiger partial charge in [-0.15, -0.1) is 0 Å². The number of phenolic OH excluding ortho intramolecular Hbond substituents is 2. The van der Waals surface area contributed by atoms with Crippen LogP contribution in [0, 0.1) is 20.2 Å². The molecule has 15 heteroatoms. The Balaban J connectivity index is 1.61. The number of hydrazone groups is 2. The van der Waals surface area contributed by atoms with E-state index in [0.29, 0.717) is 0 Å². The molecule has 0 saturated heterocycles. The highest BCUT2D eigenvalue weighted by Crippen LogP contribution is 2.22. The van der Waals surface area contributed by atoms with Gasteiger partial charge < -0.3 is 14.6 Å². The van der Waals surface area contributed by atoms with Crippen molar-refractivity contribution in [3.05, 3.63) is 91.4 Å². The molecule has 0 saturated carbocycles. The Bertz CT molecular complexity index is 1280. The fourth-order valence-electron chi connectivity index (χ4n) is 2.53. The molecule has 2 aromatic carbocycles. The molecule has 35 heavy (non-hydrogen) atoms. The summed E-state index contributed by atoms with van der Waals surface area (Å²) in [6, 6.07) is 8.82. The van der Waals surface area contributed by atoms with Crippen LogP contribution in [0.3, 0.4) is 0 Å². The Morgan fingerprint density at radius 2 is 1.17 bits per heavy atom. The SMILES string of the molecule is O=C(N/N=C/c1cc([N+](=O)[O-])ccc1O)c1ccc(C(=O)N/N=C/c2cc([N+](=O)[O-])ccc2O)o1. The standard InChI is InChI=1S/C20H14N6O9/c27-15-3-1-13(25(31)32)7-11(15)9-21-23-19(29)17-5-6-18(35-17)20(30)24-22-10-12-8-14(26(33)34)2-4-16(12)28/h1-10,27-28H,(H,23,29)(H,24,30)/b21-9+,22-10+. The summed E-state index contributed by atoms with van der Waals surface area (Å²) in [4.78, 5) is 44.5. The number of nitrogens with zero attached hydrogens (tertiary/aromatic N) is 4. The summed E-state index contributed by atoms with van der Waals surface area (Å²) in [5.41, 5.74) is 3.52. The van der Waals surface area contributed by atoms with Gasteiger partial charge in [0.15, 0.2) is 11.5 Å². The highest BCUT2D eigenvalue weighted by Gasteiger charge is 2.16. The lowest BCUT2D eigenvalue weighted by Gasteiger charge is -2.00. The maximum atomic E-state index is 12.1. The highest BCUT2D eigenvalue weighted by atomic mass is 16.6. The predicted molar refractivity (Wildman–Crippen MR) is 118 cm³/mol. The number of non-ortho nitro benzene ring substituents is 2. The number of carbonyl (C=O) groups excluding carboxylic acids is 2. The van der Waals surface area contributed by atoms with Crippen LogP contribution in [0.15, 0.2) is 63.2 Å². The fourth-order valence-corrected chi connectivity index (χ4v) is 2.53. The normalized spacial score (nSPS) is 11.0. The molecule has 178 valence electrons. The van der Waals surface area contributed by atoms with Gasteiger partial charge in [0.2, 0.25) is 0 Å². The molecule has 3 aromatic rings. The van der Waals surface area contributed by atoms with Crippen molar-refractivity contribution in [1.82, 2.24) is 10.9 Å². The number of amides is 2. The largest absolute Gasteiger partial charge is 0.507 e. The van der Waals surface area contributed by atoms with Gasteiger partial charge in [-0.05, 0) is 24.3 Å². The minimum absolute atomic E-state index is 0.0216. The molecule has 1 aromatic heterocycles. The third-order valence-corrected chi connectivity index (χ3v) is 4.24. The topological polar surface area (TPSA) is 223 Å². The van der Waals surface area contributed by atoms with Gasteiger partial charge in [-0.1, -0.05) is 0 Å². The van der Waals surface area contributed by atoms with Crippen molar-refractivity contribution in [3.8, 4) is 11.5 Å². The number of nitro groups is 2. The molecular formula is C20H14N6O9. The van der Waals surface area contributed by atoms with E-state index >= 15 is 0 Å². The molecule has 0 aliphatic carbocycles. The maximum Gasteiger partial charge on any atom is 0.307 e. The van der Waals surface area contributed by atoms with Crippen LogP contribution >= 0.6 is 0 Å². The van der Waals surface area contributed by atoms with Crippen LogP contribution in [0.4, 0.5) is 11.4 Å². The fraction of sp³-hybridized carbons (Fsp3) is 0. The zero-order chi connectivity index (χ0) is 25.5. The van der Waals surface area contributed by atoms with Crippen molar-refractivity contribution in [1.29, 1.82) is 0 Å². The summed E-state index contributed by atoms with van der Waals surface area (Å²) in [6.45, 7) is 0. The number of nitro benzene ring substituents is 2. The van der Waals surface area contributed by atoms with E-state index in [9.17, 15) is 40.0 Å². The quantitative estimate of drug-likeness (QED) is 0.209. The Labute approximate surface area is 194 Å². The number of hydrogen-bond donors (Lipinski definition) is 4. The van der Waals surface area contributed by atoms with Crippen LogP contribution in [0.2, 0.25) is 0 Å². The number of aromatic hydroxyl groups is 2. The first kappa shape index (κ1) is 24.1. The predicted octanol–water partition coefficient (Wildman–Crippen LogP) is 2.04. The summed E-state index contributed by atoms with van der Waals surface area (Å²) in [6.07, 6.45) is 1.96. The molecule has 4 N–H and O–H groups in total. The Morgan fingerprint density at radius 1 is 0.771 bits per heavy atom. The van der Waals surface area contributed by atoms with E-state index in [1.165, 1.54) is 12.1 Å². The van der Waals surface area contributed by atoms with Gasteiger partial charge in [0, 0.05) is 35.4 Å². The molecule has 0 radical (unpaired) electrons. The number of rotatable bonds is 8. The average molecular weight is 482 g/mol. The lowest BCUT2D eigenvalue weighted by molar-refractivity contribution is -0.385. The second-order valence-corrected chi connectivity index (χ2v) is 6.56. The van der Waals surface area contributed by atoms with Crippen molar-refractivity contribution in [2.75, 3.05) is 0 Å². The number of benzene rings is 2. The second kappa shape index (κ2) is 10.3. The van der Waals surface area contributed by atoms with Crippen molar-refractivity contribution in [2.24, 2.45) is 10.2 Å².